The highest BCUT2D eigenvalue weighted by Gasteiger charge is 2.31. The van der Waals surface area contributed by atoms with Gasteiger partial charge in [0.2, 0.25) is 5.88 Å². The van der Waals surface area contributed by atoms with Crippen molar-refractivity contribution in [1.82, 2.24) is 0 Å². The molecular formula is C16H16N2O. The Kier molecular flexibility index (Phi) is 3.00. The van der Waals surface area contributed by atoms with Gasteiger partial charge in [-0.1, -0.05) is 30.3 Å². The predicted octanol–water partition coefficient (Wildman–Crippen LogP) is 3.32. The lowest BCUT2D eigenvalue weighted by molar-refractivity contribution is 0.130. The number of allylic oxidation sites excluding steroid dienone is 2. The van der Waals surface area contributed by atoms with E-state index in [9.17, 15) is 5.26 Å². The maximum absolute atomic E-state index is 9.26. The lowest BCUT2D eigenvalue weighted by Gasteiger charge is -2.32. The zero-order valence-corrected chi connectivity index (χ0v) is 10.7. The fourth-order valence-corrected chi connectivity index (χ4v) is 2.93. The molecule has 2 aliphatic rings. The third kappa shape index (κ3) is 2.00. The Balaban J connectivity index is 2.08. The minimum Gasteiger partial charge on any atom is -0.466 e. The molecule has 1 unspecified atom stereocenters. The Morgan fingerprint density at radius 3 is 2.63 bits per heavy atom. The smallest absolute Gasteiger partial charge is 0.203 e. The van der Waals surface area contributed by atoms with Crippen molar-refractivity contribution in [3.63, 3.8) is 0 Å². The Bertz CT molecular complexity index is 593. The summed E-state index contributed by atoms with van der Waals surface area (Å²) in [6.45, 7) is 0. The Morgan fingerprint density at radius 2 is 1.89 bits per heavy atom. The van der Waals surface area contributed by atoms with E-state index < -0.39 is 0 Å². The average Bonchev–Trinajstić information content (AvgIpc) is 2.47. The summed E-state index contributed by atoms with van der Waals surface area (Å²) in [7, 11) is 0. The molecule has 0 spiro atoms. The fourth-order valence-electron chi connectivity index (χ4n) is 2.93. The van der Waals surface area contributed by atoms with Crippen molar-refractivity contribution < 1.29 is 4.74 Å². The number of nitriles is 1. The van der Waals surface area contributed by atoms with E-state index in [4.69, 9.17) is 10.5 Å². The van der Waals surface area contributed by atoms with Gasteiger partial charge < -0.3 is 10.5 Å². The zero-order valence-electron chi connectivity index (χ0n) is 10.7. The third-order valence-corrected chi connectivity index (χ3v) is 3.83. The lowest BCUT2D eigenvalue weighted by Crippen LogP contribution is -2.22. The molecule has 3 nitrogen and oxygen atoms in total. The van der Waals surface area contributed by atoms with Crippen LogP contribution in [0.25, 0.3) is 0 Å². The number of ether oxygens (including phenoxy) is 1. The standard InChI is InChI=1S/C16H16N2O/c17-10-14-12-8-4-5-9-13(12)15(19-16(14)18)11-6-2-1-3-7-11/h1-3,6-7,15H,4-5,8-9,18H2. The topological polar surface area (TPSA) is 59.0 Å². The van der Waals surface area contributed by atoms with E-state index in [1.165, 1.54) is 5.57 Å². The van der Waals surface area contributed by atoms with Crippen LogP contribution in [0.2, 0.25) is 0 Å². The van der Waals surface area contributed by atoms with Crippen molar-refractivity contribution in [1.29, 1.82) is 5.26 Å². The maximum atomic E-state index is 9.26. The molecule has 2 N–H and O–H groups in total. The van der Waals surface area contributed by atoms with Gasteiger partial charge in [0.05, 0.1) is 0 Å². The maximum Gasteiger partial charge on any atom is 0.203 e. The van der Waals surface area contributed by atoms with E-state index in [1.807, 2.05) is 18.2 Å². The SMILES string of the molecule is N#CC1=C(N)OC(c2ccccc2)C2=C1CCCC2. The molecule has 1 atom stereocenters. The molecule has 0 saturated carbocycles. The Hall–Kier alpha value is -2.21. The largest absolute Gasteiger partial charge is 0.466 e. The second-order valence-corrected chi connectivity index (χ2v) is 4.97. The quantitative estimate of drug-likeness (QED) is 0.834. The molecule has 0 amide bonds. The third-order valence-electron chi connectivity index (χ3n) is 3.83. The van der Waals surface area contributed by atoms with Gasteiger partial charge in [-0.15, -0.1) is 0 Å². The van der Waals surface area contributed by atoms with Crippen LogP contribution in [-0.2, 0) is 4.74 Å². The first-order chi connectivity index (χ1) is 9.31. The van der Waals surface area contributed by atoms with Crippen LogP contribution in [0.3, 0.4) is 0 Å². The number of hydrogen-bond donors (Lipinski definition) is 1. The second-order valence-electron chi connectivity index (χ2n) is 4.97. The van der Waals surface area contributed by atoms with Gasteiger partial charge in [0.25, 0.3) is 0 Å². The lowest BCUT2D eigenvalue weighted by atomic mass is 9.81. The number of rotatable bonds is 1. The molecule has 3 rings (SSSR count). The van der Waals surface area contributed by atoms with Crippen LogP contribution in [0.15, 0.2) is 52.9 Å². The van der Waals surface area contributed by atoms with Gasteiger partial charge in [0.15, 0.2) is 0 Å². The summed E-state index contributed by atoms with van der Waals surface area (Å²) < 4.78 is 5.82. The first-order valence-electron chi connectivity index (χ1n) is 6.65. The van der Waals surface area contributed by atoms with Gasteiger partial charge in [-0.2, -0.15) is 5.26 Å². The van der Waals surface area contributed by atoms with Crippen LogP contribution in [0.4, 0.5) is 0 Å². The molecule has 1 heterocycles. The summed E-state index contributed by atoms with van der Waals surface area (Å²) in [5.74, 6) is 0.275. The summed E-state index contributed by atoms with van der Waals surface area (Å²) in [5, 5.41) is 9.26. The van der Waals surface area contributed by atoms with E-state index in [1.54, 1.807) is 0 Å². The number of nitrogens with zero attached hydrogens (tertiary/aromatic N) is 1. The molecule has 1 aliphatic carbocycles. The highest BCUT2D eigenvalue weighted by molar-refractivity contribution is 5.51. The van der Waals surface area contributed by atoms with Crippen molar-refractivity contribution in [3.8, 4) is 6.07 Å². The highest BCUT2D eigenvalue weighted by Crippen LogP contribution is 2.43. The minimum absolute atomic E-state index is 0.117. The number of hydrogen-bond acceptors (Lipinski definition) is 3. The monoisotopic (exact) mass is 252 g/mol. The Morgan fingerprint density at radius 1 is 1.16 bits per heavy atom. The van der Waals surface area contributed by atoms with Crippen molar-refractivity contribution in [2.45, 2.75) is 31.8 Å². The Labute approximate surface area is 113 Å². The van der Waals surface area contributed by atoms with Crippen LogP contribution in [-0.4, -0.2) is 0 Å². The molecule has 19 heavy (non-hydrogen) atoms. The normalized spacial score (nSPS) is 22.6. The van der Waals surface area contributed by atoms with Gasteiger partial charge in [0, 0.05) is 0 Å². The second kappa shape index (κ2) is 4.81. The molecule has 0 radical (unpaired) electrons. The van der Waals surface area contributed by atoms with E-state index >= 15 is 0 Å². The summed E-state index contributed by atoms with van der Waals surface area (Å²) in [4.78, 5) is 0. The van der Waals surface area contributed by atoms with Crippen LogP contribution in [0.5, 0.6) is 0 Å². The number of benzene rings is 1. The van der Waals surface area contributed by atoms with Crippen molar-refractivity contribution in [2.24, 2.45) is 5.73 Å². The van der Waals surface area contributed by atoms with Crippen LogP contribution < -0.4 is 5.73 Å². The molecule has 0 bridgehead atoms. The molecule has 96 valence electrons. The molecule has 1 aromatic carbocycles. The molecular weight excluding hydrogens is 236 g/mol. The van der Waals surface area contributed by atoms with Crippen LogP contribution >= 0.6 is 0 Å². The first-order valence-corrected chi connectivity index (χ1v) is 6.65. The van der Waals surface area contributed by atoms with Crippen molar-refractivity contribution in [3.05, 3.63) is 58.5 Å². The first kappa shape index (κ1) is 11.9. The van der Waals surface area contributed by atoms with E-state index in [2.05, 4.69) is 18.2 Å². The summed E-state index contributed by atoms with van der Waals surface area (Å²) in [6, 6.07) is 12.3. The zero-order chi connectivity index (χ0) is 13.2. The van der Waals surface area contributed by atoms with Gasteiger partial charge in [-0.3, -0.25) is 0 Å². The molecule has 1 aliphatic heterocycles. The molecule has 1 aromatic rings. The summed E-state index contributed by atoms with van der Waals surface area (Å²) in [5.41, 5.74) is 9.93. The van der Waals surface area contributed by atoms with Gasteiger partial charge >= 0.3 is 0 Å². The summed E-state index contributed by atoms with van der Waals surface area (Å²) in [6.07, 6.45) is 4.09. The average molecular weight is 252 g/mol. The fraction of sp³-hybridized carbons (Fsp3) is 0.312. The minimum atomic E-state index is -0.117. The van der Waals surface area contributed by atoms with Crippen molar-refractivity contribution in [2.75, 3.05) is 0 Å². The van der Waals surface area contributed by atoms with Gasteiger partial charge in [-0.25, -0.2) is 0 Å². The predicted molar refractivity (Wildman–Crippen MR) is 72.6 cm³/mol. The van der Waals surface area contributed by atoms with Crippen LogP contribution in [0.1, 0.15) is 37.4 Å². The molecule has 0 saturated heterocycles. The highest BCUT2D eigenvalue weighted by atomic mass is 16.5. The van der Waals surface area contributed by atoms with E-state index in [-0.39, 0.29) is 12.0 Å². The summed E-state index contributed by atoms with van der Waals surface area (Å²) >= 11 is 0. The van der Waals surface area contributed by atoms with Gasteiger partial charge in [0.1, 0.15) is 17.7 Å². The van der Waals surface area contributed by atoms with E-state index in [0.29, 0.717) is 5.57 Å². The number of nitrogens with two attached hydrogens (primary N) is 1. The van der Waals surface area contributed by atoms with E-state index in [0.717, 1.165) is 36.8 Å². The van der Waals surface area contributed by atoms with Gasteiger partial charge in [-0.05, 0) is 42.4 Å². The van der Waals surface area contributed by atoms with Crippen LogP contribution in [0, 0.1) is 11.3 Å². The molecule has 0 fully saturated rings. The molecule has 0 aromatic heterocycles. The molecule has 3 heteroatoms. The van der Waals surface area contributed by atoms with Crippen molar-refractivity contribution >= 4 is 0 Å².